The maximum absolute atomic E-state index is 14.4. The normalized spacial score (nSPS) is 15.7. The van der Waals surface area contributed by atoms with Crippen molar-refractivity contribution in [1.82, 2.24) is 10.4 Å². The summed E-state index contributed by atoms with van der Waals surface area (Å²) in [6.45, 7) is 24.6. The first-order chi connectivity index (χ1) is 26.1. The molecule has 1 unspecified atom stereocenters. The van der Waals surface area contributed by atoms with Gasteiger partial charge in [0.05, 0.1) is 17.4 Å². The molecule has 0 bridgehead atoms. The van der Waals surface area contributed by atoms with Crippen LogP contribution in [-0.4, -0.2) is 42.4 Å². The summed E-state index contributed by atoms with van der Waals surface area (Å²) in [6, 6.07) is 27.0. The summed E-state index contributed by atoms with van der Waals surface area (Å²) in [4.78, 5) is 21.2. The zero-order valence-electron chi connectivity index (χ0n) is 34.8. The Morgan fingerprint density at radius 2 is 1.54 bits per heavy atom. The number of carbonyl (C=O) groups excluding carboxylic acids is 1. The van der Waals surface area contributed by atoms with Gasteiger partial charge in [0.2, 0.25) is 0 Å². The highest BCUT2D eigenvalue weighted by atomic mass is 28.4. The van der Waals surface area contributed by atoms with Crippen molar-refractivity contribution in [3.8, 4) is 34.8 Å². The lowest BCUT2D eigenvalue weighted by molar-refractivity contribution is -0.157. The third-order valence-electron chi connectivity index (χ3n) is 9.73. The molecule has 0 aromatic heterocycles. The number of nitriles is 1. The van der Waals surface area contributed by atoms with Crippen molar-refractivity contribution in [3.63, 3.8) is 0 Å². The number of amidine groups is 1. The van der Waals surface area contributed by atoms with E-state index in [1.54, 1.807) is 13.1 Å². The molecule has 56 heavy (non-hydrogen) atoms. The van der Waals surface area contributed by atoms with Crippen LogP contribution in [0.1, 0.15) is 113 Å². The molecule has 290 valence electrons. The van der Waals surface area contributed by atoms with Gasteiger partial charge in [0.1, 0.15) is 23.7 Å². The van der Waals surface area contributed by atoms with Gasteiger partial charge < -0.3 is 20.3 Å². The summed E-state index contributed by atoms with van der Waals surface area (Å²) in [5.41, 5.74) is 10.8. The second kappa shape index (κ2) is 15.8. The van der Waals surface area contributed by atoms with Gasteiger partial charge in [-0.1, -0.05) is 87.2 Å². The van der Waals surface area contributed by atoms with Gasteiger partial charge in [-0.05, 0) is 108 Å². The van der Waals surface area contributed by atoms with E-state index in [9.17, 15) is 10.1 Å². The van der Waals surface area contributed by atoms with Gasteiger partial charge in [-0.2, -0.15) is 10.4 Å². The number of hydrogen-bond donors (Lipinski definition) is 2. The van der Waals surface area contributed by atoms with Crippen LogP contribution in [0.4, 0.5) is 0 Å². The Morgan fingerprint density at radius 3 is 2.12 bits per heavy atom. The van der Waals surface area contributed by atoms with E-state index in [1.807, 2.05) is 105 Å². The van der Waals surface area contributed by atoms with Crippen LogP contribution in [0.2, 0.25) is 18.1 Å². The molecule has 9 nitrogen and oxygen atoms in total. The van der Waals surface area contributed by atoms with E-state index in [-0.39, 0.29) is 10.9 Å². The lowest BCUT2D eigenvalue weighted by Crippen LogP contribution is -2.45. The highest BCUT2D eigenvalue weighted by Crippen LogP contribution is 2.55. The lowest BCUT2D eigenvalue weighted by atomic mass is 9.92. The molecule has 1 atom stereocenters. The zero-order chi connectivity index (χ0) is 41.2. The number of hydroxylamine groups is 2. The summed E-state index contributed by atoms with van der Waals surface area (Å²) < 4.78 is 7.25. The predicted molar refractivity (Wildman–Crippen MR) is 230 cm³/mol. The second-order valence-corrected chi connectivity index (χ2v) is 22.4. The number of hydrogen-bond acceptors (Lipinski definition) is 7. The smallest absolute Gasteiger partial charge is 0.256 e. The quantitative estimate of drug-likeness (QED) is 0.0635. The van der Waals surface area contributed by atoms with E-state index in [0.717, 1.165) is 33.4 Å². The molecule has 2 aliphatic carbocycles. The summed E-state index contributed by atoms with van der Waals surface area (Å²) in [7, 11) is -2.56. The minimum absolute atomic E-state index is 0.181. The molecule has 0 fully saturated rings. The number of rotatable bonds is 7. The Labute approximate surface area is 333 Å². The standard InChI is InChI=1S/C46H54N6O3Si/c1-30(48)51-49-29-33-20-16-18-31(26-33)24-25-32-19-17-21-34(27-32)41-37(28-47)40(52(54-41)45(5,6)7)38-35-22-14-13-15-23-36(35)39(43(53)50-44(2,3)4)42(38)55-56(11,12)46(8,9)10/h13-23,26-27,29,40H,1-12H3,(H2,48,51)(H,50,53)/b49-29-. The van der Waals surface area contributed by atoms with Crippen molar-refractivity contribution in [2.75, 3.05) is 0 Å². The molecule has 3 aliphatic rings. The SMILES string of the molecule is CC(N)=N/N=C\c1cccc(C#Cc2cccc(C3=C(C#N)C(c4c5cccccc-5c(C(=O)NC(C)(C)C)c4O[Si](C)(C)C(C)(C)C)N(C(C)(C)C)O3)c2)c1. The third-order valence-corrected chi connectivity index (χ3v) is 14.1. The molecule has 0 radical (unpaired) electrons. The summed E-state index contributed by atoms with van der Waals surface area (Å²) >= 11 is 0. The molecule has 3 N–H and O–H groups in total. The third kappa shape index (κ3) is 9.22. The first-order valence-electron chi connectivity index (χ1n) is 18.8. The number of amides is 1. The van der Waals surface area contributed by atoms with Gasteiger partial charge in [-0.3, -0.25) is 4.79 Å². The molecule has 0 saturated heterocycles. The Balaban J connectivity index is 1.72. The first-order valence-corrected chi connectivity index (χ1v) is 21.8. The van der Waals surface area contributed by atoms with Crippen LogP contribution in [-0.2, 0) is 4.84 Å². The molecular weight excluding hydrogens is 713 g/mol. The second-order valence-electron chi connectivity index (χ2n) is 17.7. The van der Waals surface area contributed by atoms with E-state index in [2.05, 4.69) is 88.1 Å². The number of carbonyl (C=O) groups is 1. The summed E-state index contributed by atoms with van der Waals surface area (Å²) in [5.74, 6) is 7.59. The van der Waals surface area contributed by atoms with Crippen molar-refractivity contribution in [2.45, 2.75) is 104 Å². The van der Waals surface area contributed by atoms with E-state index < -0.39 is 25.4 Å². The minimum Gasteiger partial charge on any atom is -0.543 e. The van der Waals surface area contributed by atoms with E-state index >= 15 is 0 Å². The topological polar surface area (TPSA) is 125 Å². The predicted octanol–water partition coefficient (Wildman–Crippen LogP) is 9.84. The van der Waals surface area contributed by atoms with Crippen LogP contribution in [0.3, 0.4) is 0 Å². The largest absolute Gasteiger partial charge is 0.543 e. The Kier molecular flexibility index (Phi) is 11.7. The molecular formula is C46H54N6O3Si. The van der Waals surface area contributed by atoms with E-state index in [4.69, 9.17) is 15.0 Å². The lowest BCUT2D eigenvalue weighted by Gasteiger charge is -2.39. The van der Waals surface area contributed by atoms with Crippen LogP contribution in [0.25, 0.3) is 16.9 Å². The van der Waals surface area contributed by atoms with Gasteiger partial charge in [0, 0.05) is 33.3 Å². The van der Waals surface area contributed by atoms with Gasteiger partial charge in [0.15, 0.2) is 5.76 Å². The molecule has 10 heteroatoms. The Bertz CT molecular complexity index is 2300. The van der Waals surface area contributed by atoms with Crippen molar-refractivity contribution in [3.05, 3.63) is 118 Å². The molecule has 1 heterocycles. The Morgan fingerprint density at radius 1 is 0.911 bits per heavy atom. The fourth-order valence-electron chi connectivity index (χ4n) is 6.11. The fourth-order valence-corrected chi connectivity index (χ4v) is 7.14. The molecule has 1 amide bonds. The maximum Gasteiger partial charge on any atom is 0.256 e. The van der Waals surface area contributed by atoms with Crippen molar-refractivity contribution < 1.29 is 14.1 Å². The van der Waals surface area contributed by atoms with E-state index in [1.165, 1.54) is 0 Å². The number of benzene rings is 2. The van der Waals surface area contributed by atoms with Gasteiger partial charge in [-0.15, -0.1) is 10.2 Å². The molecule has 2 aromatic rings. The number of nitrogens with two attached hydrogens (primary N) is 1. The molecule has 0 spiro atoms. The van der Waals surface area contributed by atoms with Gasteiger partial charge >= 0.3 is 0 Å². The van der Waals surface area contributed by atoms with Gasteiger partial charge in [-0.25, -0.2) is 0 Å². The average molecular weight is 767 g/mol. The molecule has 2 aromatic carbocycles. The highest BCUT2D eigenvalue weighted by molar-refractivity contribution is 6.74. The van der Waals surface area contributed by atoms with Crippen LogP contribution in [0.15, 0.2) is 94.6 Å². The van der Waals surface area contributed by atoms with Crippen LogP contribution in [0.5, 0.6) is 5.75 Å². The fraction of sp³-hybridized carbons (Fsp3) is 0.348. The van der Waals surface area contributed by atoms with Crippen molar-refractivity contribution in [2.24, 2.45) is 15.9 Å². The minimum atomic E-state index is -2.56. The Hall–Kier alpha value is -5.68. The molecule has 5 rings (SSSR count). The van der Waals surface area contributed by atoms with Gasteiger partial charge in [0.25, 0.3) is 14.2 Å². The summed E-state index contributed by atoms with van der Waals surface area (Å²) in [6.07, 6.45) is 1.63. The molecule has 1 aliphatic heterocycles. The number of nitrogens with zero attached hydrogens (tertiary/aromatic N) is 4. The van der Waals surface area contributed by atoms with Crippen LogP contribution in [0, 0.1) is 23.2 Å². The van der Waals surface area contributed by atoms with E-state index in [0.29, 0.717) is 34.0 Å². The maximum atomic E-state index is 14.4. The van der Waals surface area contributed by atoms with Crippen LogP contribution < -0.4 is 15.5 Å². The summed E-state index contributed by atoms with van der Waals surface area (Å²) in [5, 5.41) is 23.9. The zero-order valence-corrected chi connectivity index (χ0v) is 35.8. The highest BCUT2D eigenvalue weighted by Gasteiger charge is 2.49. The molecule has 0 saturated carbocycles. The van der Waals surface area contributed by atoms with Crippen LogP contribution >= 0.6 is 0 Å². The first kappa shape index (κ1) is 41.5. The van der Waals surface area contributed by atoms with Crippen molar-refractivity contribution >= 4 is 32.0 Å². The monoisotopic (exact) mass is 766 g/mol. The number of nitrogens with one attached hydrogen (secondary N) is 1. The van der Waals surface area contributed by atoms with Crippen molar-refractivity contribution in [1.29, 1.82) is 5.26 Å². The number of fused-ring (bicyclic) bond motifs is 1. The average Bonchev–Trinajstić information content (AvgIpc) is 3.51.